The zero-order chi connectivity index (χ0) is 11.9. The molecule has 1 aromatic heterocycles. The maximum atomic E-state index is 12.6. The van der Waals surface area contributed by atoms with E-state index >= 15 is 0 Å². The number of phenolic OH excluding ortho intramolecular Hbond substituents is 1. The second kappa shape index (κ2) is 3.63. The van der Waals surface area contributed by atoms with Crippen molar-refractivity contribution in [3.05, 3.63) is 39.2 Å². The number of alkyl halides is 1. The number of rotatable bonds is 1. The highest BCUT2D eigenvalue weighted by Crippen LogP contribution is 2.26. The molecular weight excluding hydrogens is 211 g/mol. The maximum Gasteiger partial charge on any atom is 0.195 e. The Morgan fingerprint density at radius 3 is 2.62 bits per heavy atom. The van der Waals surface area contributed by atoms with Gasteiger partial charge in [-0.1, -0.05) is 0 Å². The summed E-state index contributed by atoms with van der Waals surface area (Å²) in [5.41, 5.74) is 0.727. The van der Waals surface area contributed by atoms with Gasteiger partial charge < -0.3 is 9.52 Å². The lowest BCUT2D eigenvalue weighted by atomic mass is 10.1. The summed E-state index contributed by atoms with van der Waals surface area (Å²) in [5, 5.41) is 9.85. The average Bonchev–Trinajstić information content (AvgIpc) is 2.28. The van der Waals surface area contributed by atoms with Gasteiger partial charge in [0, 0.05) is 11.1 Å². The number of phenols is 1. The quantitative estimate of drug-likeness (QED) is 0.806. The Kier molecular flexibility index (Phi) is 2.42. The van der Waals surface area contributed by atoms with E-state index in [-0.39, 0.29) is 28.1 Å². The third-order valence-electron chi connectivity index (χ3n) is 2.73. The number of aromatic hydroxyl groups is 1. The first-order valence-corrected chi connectivity index (χ1v) is 4.87. The number of hydrogen-bond acceptors (Lipinski definition) is 3. The van der Waals surface area contributed by atoms with Crippen LogP contribution in [0.25, 0.3) is 11.0 Å². The highest BCUT2D eigenvalue weighted by molar-refractivity contribution is 5.82. The molecule has 0 atom stereocenters. The summed E-state index contributed by atoms with van der Waals surface area (Å²) in [7, 11) is 0. The molecule has 0 fully saturated rings. The monoisotopic (exact) mass is 222 g/mol. The SMILES string of the molecule is Cc1c(CF)oc2c(C)c(O)ccc2c1=O. The molecule has 3 nitrogen and oxygen atoms in total. The van der Waals surface area contributed by atoms with Crippen molar-refractivity contribution in [2.24, 2.45) is 0 Å². The van der Waals surface area contributed by atoms with Crippen LogP contribution < -0.4 is 5.43 Å². The van der Waals surface area contributed by atoms with Gasteiger partial charge in [0.15, 0.2) is 5.43 Å². The fourth-order valence-corrected chi connectivity index (χ4v) is 1.65. The second-order valence-electron chi connectivity index (χ2n) is 3.70. The zero-order valence-electron chi connectivity index (χ0n) is 9.00. The minimum absolute atomic E-state index is 0.0196. The Morgan fingerprint density at radius 1 is 1.31 bits per heavy atom. The molecule has 0 spiro atoms. The van der Waals surface area contributed by atoms with E-state index in [1.54, 1.807) is 6.92 Å². The van der Waals surface area contributed by atoms with E-state index in [2.05, 4.69) is 0 Å². The van der Waals surface area contributed by atoms with Gasteiger partial charge in [-0.2, -0.15) is 0 Å². The number of fused-ring (bicyclic) bond motifs is 1. The number of halogens is 1. The fraction of sp³-hybridized carbons (Fsp3) is 0.250. The maximum absolute atomic E-state index is 12.6. The minimum atomic E-state index is -0.827. The van der Waals surface area contributed by atoms with E-state index in [9.17, 15) is 14.3 Å². The van der Waals surface area contributed by atoms with Crippen LogP contribution in [0.3, 0.4) is 0 Å². The van der Waals surface area contributed by atoms with Crippen LogP contribution in [-0.2, 0) is 6.67 Å². The van der Waals surface area contributed by atoms with Crippen molar-refractivity contribution < 1.29 is 13.9 Å². The molecule has 0 aliphatic carbocycles. The van der Waals surface area contributed by atoms with E-state index in [1.165, 1.54) is 19.1 Å². The van der Waals surface area contributed by atoms with E-state index in [0.717, 1.165) is 0 Å². The van der Waals surface area contributed by atoms with Crippen LogP contribution in [0.1, 0.15) is 16.9 Å². The van der Waals surface area contributed by atoms with Crippen LogP contribution in [0.4, 0.5) is 4.39 Å². The van der Waals surface area contributed by atoms with Crippen LogP contribution in [0.5, 0.6) is 5.75 Å². The summed E-state index contributed by atoms with van der Waals surface area (Å²) in [5.74, 6) is 0.0514. The van der Waals surface area contributed by atoms with Gasteiger partial charge in [0.05, 0.1) is 5.39 Å². The Balaban J connectivity index is 2.99. The predicted molar refractivity (Wildman–Crippen MR) is 58.4 cm³/mol. The Bertz CT molecular complexity index is 614. The van der Waals surface area contributed by atoms with Gasteiger partial charge in [-0.3, -0.25) is 4.79 Å². The molecule has 0 aliphatic rings. The molecule has 1 N–H and O–H groups in total. The molecule has 4 heteroatoms. The van der Waals surface area contributed by atoms with Crippen molar-refractivity contribution in [1.82, 2.24) is 0 Å². The predicted octanol–water partition coefficient (Wildman–Crippen LogP) is 2.58. The van der Waals surface area contributed by atoms with Gasteiger partial charge in [0.2, 0.25) is 0 Å². The van der Waals surface area contributed by atoms with E-state index < -0.39 is 6.67 Å². The third-order valence-corrected chi connectivity index (χ3v) is 2.73. The number of benzene rings is 1. The molecule has 84 valence electrons. The summed E-state index contributed by atoms with van der Waals surface area (Å²) in [6.07, 6.45) is 0. The van der Waals surface area contributed by atoms with Crippen molar-refractivity contribution in [3.63, 3.8) is 0 Å². The van der Waals surface area contributed by atoms with Gasteiger partial charge in [0.1, 0.15) is 23.8 Å². The first kappa shape index (κ1) is 10.7. The van der Waals surface area contributed by atoms with E-state index in [1.807, 2.05) is 0 Å². The molecule has 0 amide bonds. The lowest BCUT2D eigenvalue weighted by Crippen LogP contribution is -2.09. The van der Waals surface area contributed by atoms with Gasteiger partial charge >= 0.3 is 0 Å². The number of hydrogen-bond donors (Lipinski definition) is 1. The fourth-order valence-electron chi connectivity index (χ4n) is 1.65. The summed E-state index contributed by atoms with van der Waals surface area (Å²) < 4.78 is 17.9. The number of aryl methyl sites for hydroxylation is 1. The first-order valence-electron chi connectivity index (χ1n) is 4.87. The van der Waals surface area contributed by atoms with Crippen molar-refractivity contribution in [2.75, 3.05) is 0 Å². The summed E-state index contributed by atoms with van der Waals surface area (Å²) in [4.78, 5) is 11.9. The highest BCUT2D eigenvalue weighted by atomic mass is 19.1. The largest absolute Gasteiger partial charge is 0.508 e. The van der Waals surface area contributed by atoms with Crippen molar-refractivity contribution in [1.29, 1.82) is 0 Å². The van der Waals surface area contributed by atoms with Crippen LogP contribution in [0, 0.1) is 13.8 Å². The van der Waals surface area contributed by atoms with Gasteiger partial charge in [-0.15, -0.1) is 0 Å². The van der Waals surface area contributed by atoms with Crippen LogP contribution in [0.2, 0.25) is 0 Å². The van der Waals surface area contributed by atoms with E-state index in [4.69, 9.17) is 4.42 Å². The van der Waals surface area contributed by atoms with Crippen LogP contribution >= 0.6 is 0 Å². The minimum Gasteiger partial charge on any atom is -0.508 e. The molecule has 0 unspecified atom stereocenters. The van der Waals surface area contributed by atoms with Gasteiger partial charge in [-0.05, 0) is 26.0 Å². The molecule has 1 aromatic carbocycles. The highest BCUT2D eigenvalue weighted by Gasteiger charge is 2.13. The zero-order valence-corrected chi connectivity index (χ0v) is 9.00. The molecule has 16 heavy (non-hydrogen) atoms. The van der Waals surface area contributed by atoms with Gasteiger partial charge in [-0.25, -0.2) is 4.39 Å². The smallest absolute Gasteiger partial charge is 0.195 e. The molecule has 0 aliphatic heterocycles. The molecule has 0 saturated heterocycles. The van der Waals surface area contributed by atoms with Gasteiger partial charge in [0.25, 0.3) is 0 Å². The first-order chi connectivity index (χ1) is 7.56. The molecule has 2 rings (SSSR count). The third kappa shape index (κ3) is 1.38. The average molecular weight is 222 g/mol. The van der Waals surface area contributed by atoms with Crippen LogP contribution in [0.15, 0.2) is 21.3 Å². The molecule has 0 saturated carbocycles. The summed E-state index contributed by atoms with van der Waals surface area (Å²) in [6, 6.07) is 2.92. The summed E-state index contributed by atoms with van der Waals surface area (Å²) >= 11 is 0. The lowest BCUT2D eigenvalue weighted by Gasteiger charge is -2.06. The van der Waals surface area contributed by atoms with Crippen LogP contribution in [-0.4, -0.2) is 5.11 Å². The normalized spacial score (nSPS) is 10.9. The summed E-state index contributed by atoms with van der Waals surface area (Å²) in [6.45, 7) is 2.33. The van der Waals surface area contributed by atoms with Crippen molar-refractivity contribution >= 4 is 11.0 Å². The molecule has 0 radical (unpaired) electrons. The Labute approximate surface area is 91.1 Å². The topological polar surface area (TPSA) is 50.4 Å². The lowest BCUT2D eigenvalue weighted by molar-refractivity contribution is 0.395. The van der Waals surface area contributed by atoms with Crippen molar-refractivity contribution in [3.8, 4) is 5.75 Å². The molecule has 2 aromatic rings. The second-order valence-corrected chi connectivity index (χ2v) is 3.70. The molecule has 0 bridgehead atoms. The Hall–Kier alpha value is -1.84. The van der Waals surface area contributed by atoms with E-state index in [0.29, 0.717) is 10.9 Å². The van der Waals surface area contributed by atoms with Crippen molar-refractivity contribution in [2.45, 2.75) is 20.5 Å². The Morgan fingerprint density at radius 2 is 2.00 bits per heavy atom. The molecule has 1 heterocycles. The molecular formula is C12H11FO3. The standard InChI is InChI=1S/C12H11FO3/c1-6-9(14)4-3-8-11(15)7(2)10(5-13)16-12(6)8/h3-4,14H,5H2,1-2H3.